The molecule has 1 fully saturated rings. The van der Waals surface area contributed by atoms with E-state index in [4.69, 9.17) is 4.74 Å². The largest absolute Gasteiger partial charge is 0.450 e. The van der Waals surface area contributed by atoms with Crippen LogP contribution < -0.4 is 0 Å². The Morgan fingerprint density at radius 3 is 2.67 bits per heavy atom. The maximum atomic E-state index is 11.5. The van der Waals surface area contributed by atoms with Crippen molar-refractivity contribution in [2.45, 2.75) is 13.5 Å². The average Bonchev–Trinajstić information content (AvgIpc) is 2.76. The lowest BCUT2D eigenvalue weighted by Gasteiger charge is -2.33. The third-order valence-corrected chi connectivity index (χ3v) is 3.18. The lowest BCUT2D eigenvalue weighted by molar-refractivity contribution is 0.0769. The molecule has 0 aromatic carbocycles. The van der Waals surface area contributed by atoms with Gasteiger partial charge in [-0.3, -0.25) is 4.90 Å². The molecule has 2 rings (SSSR count). The zero-order chi connectivity index (χ0) is 13.0. The standard InChI is InChI=1S/C12H20N4O2/c1-3-18-12(17)16-8-6-15(7-9-16)10-11-13-4-5-14(11)2/h4-5H,3,6-10H2,1-2H3. The van der Waals surface area contributed by atoms with Gasteiger partial charge in [-0.15, -0.1) is 0 Å². The molecule has 0 N–H and O–H groups in total. The zero-order valence-electron chi connectivity index (χ0n) is 11.0. The van der Waals surface area contributed by atoms with Crippen molar-refractivity contribution < 1.29 is 9.53 Å². The first kappa shape index (κ1) is 12.9. The summed E-state index contributed by atoms with van der Waals surface area (Å²) in [4.78, 5) is 19.9. The molecule has 0 unspecified atom stereocenters. The molecule has 1 amide bonds. The molecule has 0 bridgehead atoms. The van der Waals surface area contributed by atoms with Gasteiger partial charge in [-0.2, -0.15) is 0 Å². The van der Waals surface area contributed by atoms with Gasteiger partial charge in [0.2, 0.25) is 0 Å². The van der Waals surface area contributed by atoms with Crippen molar-refractivity contribution >= 4 is 6.09 Å². The summed E-state index contributed by atoms with van der Waals surface area (Å²) in [6, 6.07) is 0. The predicted octanol–water partition coefficient (Wildman–Crippen LogP) is 0.694. The summed E-state index contributed by atoms with van der Waals surface area (Å²) >= 11 is 0. The van der Waals surface area contributed by atoms with Crippen molar-refractivity contribution in [2.24, 2.45) is 7.05 Å². The Morgan fingerprint density at radius 1 is 1.39 bits per heavy atom. The second kappa shape index (κ2) is 5.86. The molecule has 2 heterocycles. The number of hydrogen-bond donors (Lipinski definition) is 0. The number of hydrogen-bond acceptors (Lipinski definition) is 4. The van der Waals surface area contributed by atoms with E-state index in [0.29, 0.717) is 6.61 Å². The van der Waals surface area contributed by atoms with Crippen molar-refractivity contribution in [2.75, 3.05) is 32.8 Å². The maximum Gasteiger partial charge on any atom is 0.409 e. The monoisotopic (exact) mass is 252 g/mol. The van der Waals surface area contributed by atoms with Crippen molar-refractivity contribution in [3.63, 3.8) is 0 Å². The quantitative estimate of drug-likeness (QED) is 0.794. The van der Waals surface area contributed by atoms with Gasteiger partial charge in [0, 0.05) is 45.6 Å². The van der Waals surface area contributed by atoms with Crippen LogP contribution in [0.4, 0.5) is 4.79 Å². The summed E-state index contributed by atoms with van der Waals surface area (Å²) < 4.78 is 7.02. The van der Waals surface area contributed by atoms with E-state index >= 15 is 0 Å². The number of aryl methyl sites for hydroxylation is 1. The van der Waals surface area contributed by atoms with Crippen LogP contribution in [-0.4, -0.2) is 58.2 Å². The van der Waals surface area contributed by atoms with Crippen LogP contribution in [0, 0.1) is 0 Å². The first-order valence-corrected chi connectivity index (χ1v) is 6.31. The second-order valence-corrected chi connectivity index (χ2v) is 4.42. The third kappa shape index (κ3) is 3.01. The highest BCUT2D eigenvalue weighted by molar-refractivity contribution is 5.67. The van der Waals surface area contributed by atoms with Gasteiger partial charge in [-0.25, -0.2) is 9.78 Å². The summed E-state index contributed by atoms with van der Waals surface area (Å²) in [7, 11) is 2.00. The highest BCUT2D eigenvalue weighted by atomic mass is 16.6. The molecule has 1 aromatic rings. The molecule has 0 aliphatic carbocycles. The SMILES string of the molecule is CCOC(=O)N1CCN(Cc2nccn2C)CC1. The van der Waals surface area contributed by atoms with E-state index < -0.39 is 0 Å². The molecule has 1 aliphatic heterocycles. The van der Waals surface area contributed by atoms with Crippen molar-refractivity contribution in [1.29, 1.82) is 0 Å². The van der Waals surface area contributed by atoms with Crippen LogP contribution in [0.2, 0.25) is 0 Å². The van der Waals surface area contributed by atoms with Crippen LogP contribution in [0.25, 0.3) is 0 Å². The van der Waals surface area contributed by atoms with Gasteiger partial charge in [0.1, 0.15) is 5.82 Å². The van der Waals surface area contributed by atoms with Gasteiger partial charge >= 0.3 is 6.09 Å². The first-order valence-electron chi connectivity index (χ1n) is 6.31. The van der Waals surface area contributed by atoms with Crippen LogP contribution in [0.1, 0.15) is 12.7 Å². The van der Waals surface area contributed by atoms with E-state index in [0.717, 1.165) is 38.5 Å². The van der Waals surface area contributed by atoms with Gasteiger partial charge in [-0.1, -0.05) is 0 Å². The van der Waals surface area contributed by atoms with Gasteiger partial charge in [-0.05, 0) is 6.92 Å². The van der Waals surface area contributed by atoms with E-state index in [1.807, 2.05) is 30.9 Å². The van der Waals surface area contributed by atoms with Crippen LogP contribution in [0.3, 0.4) is 0 Å². The number of imidazole rings is 1. The van der Waals surface area contributed by atoms with E-state index in [2.05, 4.69) is 9.88 Å². The molecule has 0 saturated carbocycles. The molecule has 0 radical (unpaired) electrons. The summed E-state index contributed by atoms with van der Waals surface area (Å²) in [6.07, 6.45) is 3.56. The van der Waals surface area contributed by atoms with E-state index in [-0.39, 0.29) is 6.09 Å². The van der Waals surface area contributed by atoms with Crippen molar-refractivity contribution in [1.82, 2.24) is 19.4 Å². The van der Waals surface area contributed by atoms with Gasteiger partial charge in [0.15, 0.2) is 0 Å². The Balaban J connectivity index is 1.80. The maximum absolute atomic E-state index is 11.5. The van der Waals surface area contributed by atoms with E-state index in [1.54, 1.807) is 4.90 Å². The minimum absolute atomic E-state index is 0.200. The van der Waals surface area contributed by atoms with E-state index in [9.17, 15) is 4.79 Å². The number of carbonyl (C=O) groups is 1. The fourth-order valence-corrected chi connectivity index (χ4v) is 2.05. The molecule has 18 heavy (non-hydrogen) atoms. The highest BCUT2D eigenvalue weighted by Crippen LogP contribution is 2.07. The Morgan fingerprint density at radius 2 is 2.11 bits per heavy atom. The Labute approximate surface area is 107 Å². The first-order chi connectivity index (χ1) is 8.70. The van der Waals surface area contributed by atoms with Crippen LogP contribution in [0.15, 0.2) is 12.4 Å². The topological polar surface area (TPSA) is 50.6 Å². The average molecular weight is 252 g/mol. The molecule has 6 nitrogen and oxygen atoms in total. The lowest BCUT2D eigenvalue weighted by atomic mass is 10.3. The molecule has 0 spiro atoms. The van der Waals surface area contributed by atoms with Gasteiger partial charge < -0.3 is 14.2 Å². The zero-order valence-corrected chi connectivity index (χ0v) is 11.0. The minimum Gasteiger partial charge on any atom is -0.450 e. The Bertz CT molecular complexity index is 397. The van der Waals surface area contributed by atoms with Crippen molar-refractivity contribution in [3.8, 4) is 0 Å². The molecule has 0 atom stereocenters. The molecule has 1 aromatic heterocycles. The summed E-state index contributed by atoms with van der Waals surface area (Å²) in [5, 5.41) is 0. The van der Waals surface area contributed by atoms with Crippen LogP contribution in [0.5, 0.6) is 0 Å². The number of aromatic nitrogens is 2. The van der Waals surface area contributed by atoms with Gasteiger partial charge in [0.25, 0.3) is 0 Å². The molecular formula is C12H20N4O2. The summed E-state index contributed by atoms with van der Waals surface area (Å²) in [5.74, 6) is 1.06. The molecule has 100 valence electrons. The van der Waals surface area contributed by atoms with E-state index in [1.165, 1.54) is 0 Å². The fourth-order valence-electron chi connectivity index (χ4n) is 2.05. The third-order valence-electron chi connectivity index (χ3n) is 3.18. The summed E-state index contributed by atoms with van der Waals surface area (Å²) in [5.41, 5.74) is 0. The fraction of sp³-hybridized carbons (Fsp3) is 0.667. The number of ether oxygens (including phenoxy) is 1. The minimum atomic E-state index is -0.200. The highest BCUT2D eigenvalue weighted by Gasteiger charge is 2.22. The number of rotatable bonds is 3. The van der Waals surface area contributed by atoms with Crippen molar-refractivity contribution in [3.05, 3.63) is 18.2 Å². The molecule has 1 saturated heterocycles. The number of carbonyl (C=O) groups excluding carboxylic acids is 1. The number of amides is 1. The lowest BCUT2D eigenvalue weighted by Crippen LogP contribution is -2.48. The normalized spacial score (nSPS) is 16.9. The van der Waals surface area contributed by atoms with Gasteiger partial charge in [0.05, 0.1) is 13.2 Å². The Hall–Kier alpha value is -1.56. The summed E-state index contributed by atoms with van der Waals surface area (Å²) in [6.45, 7) is 6.28. The predicted molar refractivity (Wildman–Crippen MR) is 67.1 cm³/mol. The second-order valence-electron chi connectivity index (χ2n) is 4.42. The molecule has 6 heteroatoms. The number of piperazine rings is 1. The molecule has 1 aliphatic rings. The molecular weight excluding hydrogens is 232 g/mol. The van der Waals surface area contributed by atoms with Crippen LogP contribution in [-0.2, 0) is 18.3 Å². The van der Waals surface area contributed by atoms with Crippen LogP contribution >= 0.6 is 0 Å². The number of nitrogens with zero attached hydrogens (tertiary/aromatic N) is 4. The smallest absolute Gasteiger partial charge is 0.409 e. The Kier molecular flexibility index (Phi) is 4.19.